The Labute approximate surface area is 212 Å². The molecule has 0 aromatic rings. The summed E-state index contributed by atoms with van der Waals surface area (Å²) in [5.74, 6) is 4.61. The molecule has 0 amide bonds. The first kappa shape index (κ1) is 25.0. The zero-order valence-electron chi connectivity index (χ0n) is 20.2. The molecule has 0 unspecified atom stereocenters. The largest absolute Gasteiger partial charge is 0.297 e. The molecular formula is C27H43Br2ClO. The highest BCUT2D eigenvalue weighted by atomic mass is 79.9. The molecule has 0 saturated heterocycles. The summed E-state index contributed by atoms with van der Waals surface area (Å²) in [4.78, 5) is 13.8. The lowest BCUT2D eigenvalue weighted by molar-refractivity contribution is -0.145. The normalized spacial score (nSPS) is 50.7. The van der Waals surface area contributed by atoms with Gasteiger partial charge in [-0.25, -0.2) is 0 Å². The molecule has 0 aromatic heterocycles. The molecule has 0 radical (unpaired) electrons. The van der Waals surface area contributed by atoms with Crippen molar-refractivity contribution >= 4 is 49.2 Å². The van der Waals surface area contributed by atoms with Crippen molar-refractivity contribution in [2.24, 2.45) is 46.3 Å². The van der Waals surface area contributed by atoms with Crippen LogP contribution in [0.15, 0.2) is 0 Å². The van der Waals surface area contributed by atoms with Crippen molar-refractivity contribution in [1.82, 2.24) is 0 Å². The predicted molar refractivity (Wildman–Crippen MR) is 139 cm³/mol. The first-order valence-electron chi connectivity index (χ1n) is 13.0. The lowest BCUT2D eigenvalue weighted by atomic mass is 9.44. The number of carbonyl (C=O) groups excluding carboxylic acids is 1. The van der Waals surface area contributed by atoms with Crippen molar-refractivity contribution in [3.63, 3.8) is 0 Å². The molecular weight excluding hydrogens is 536 g/mol. The first-order valence-corrected chi connectivity index (χ1v) is 15.1. The molecule has 0 spiro atoms. The Morgan fingerprint density at radius 2 is 1.74 bits per heavy atom. The first-order chi connectivity index (χ1) is 14.5. The van der Waals surface area contributed by atoms with Crippen molar-refractivity contribution in [3.8, 4) is 0 Å². The van der Waals surface area contributed by atoms with Gasteiger partial charge in [0, 0.05) is 5.38 Å². The van der Waals surface area contributed by atoms with Gasteiger partial charge in [-0.05, 0) is 91.3 Å². The van der Waals surface area contributed by atoms with Gasteiger partial charge in [0.1, 0.15) is 0 Å². The van der Waals surface area contributed by atoms with Gasteiger partial charge in [-0.1, -0.05) is 85.7 Å². The van der Waals surface area contributed by atoms with Gasteiger partial charge in [0.15, 0.2) is 5.78 Å². The lowest BCUT2D eigenvalue weighted by Crippen LogP contribution is -2.67. The summed E-state index contributed by atoms with van der Waals surface area (Å²) < 4.78 is -0.449. The summed E-state index contributed by atoms with van der Waals surface area (Å²) >= 11 is 14.6. The number of hydrogen-bond acceptors (Lipinski definition) is 1. The second-order valence-corrected chi connectivity index (χ2v) is 15.6. The molecule has 178 valence electrons. The van der Waals surface area contributed by atoms with Crippen LogP contribution in [0.5, 0.6) is 0 Å². The van der Waals surface area contributed by atoms with E-state index in [2.05, 4.69) is 66.5 Å². The Balaban J connectivity index is 1.58. The third-order valence-electron chi connectivity index (χ3n) is 10.7. The van der Waals surface area contributed by atoms with Crippen molar-refractivity contribution in [3.05, 3.63) is 0 Å². The van der Waals surface area contributed by atoms with E-state index >= 15 is 0 Å². The summed E-state index contributed by atoms with van der Waals surface area (Å²) in [5.41, 5.74) is 0.434. The van der Waals surface area contributed by atoms with Crippen molar-refractivity contribution < 1.29 is 4.79 Å². The lowest BCUT2D eigenvalue weighted by Gasteiger charge is -2.64. The average Bonchev–Trinajstić information content (AvgIpc) is 3.05. The number of ketones is 1. The van der Waals surface area contributed by atoms with Crippen molar-refractivity contribution in [1.29, 1.82) is 0 Å². The highest BCUT2D eigenvalue weighted by Crippen LogP contribution is 2.71. The molecule has 0 aliphatic heterocycles. The monoisotopic (exact) mass is 576 g/mol. The van der Waals surface area contributed by atoms with Gasteiger partial charge in [0.25, 0.3) is 0 Å². The minimum Gasteiger partial charge on any atom is -0.297 e. The summed E-state index contributed by atoms with van der Waals surface area (Å²) in [5, 5.41) is 0.115. The number of alkyl halides is 3. The number of halogens is 3. The average molecular weight is 579 g/mol. The van der Waals surface area contributed by atoms with Crippen LogP contribution in [0, 0.1) is 46.3 Å². The minimum absolute atomic E-state index is 0.0217. The molecule has 0 aromatic carbocycles. The third-order valence-corrected chi connectivity index (χ3v) is 13.7. The Hall–Kier alpha value is 0.920. The van der Waals surface area contributed by atoms with Crippen molar-refractivity contribution in [2.75, 3.05) is 0 Å². The molecule has 0 bridgehead atoms. The van der Waals surface area contributed by atoms with E-state index in [9.17, 15) is 4.79 Å². The van der Waals surface area contributed by atoms with Gasteiger partial charge in [-0.3, -0.25) is 4.79 Å². The molecule has 4 aliphatic carbocycles. The van der Waals surface area contributed by atoms with E-state index in [4.69, 9.17) is 11.6 Å². The number of rotatable bonds is 5. The van der Waals surface area contributed by atoms with Crippen LogP contribution in [-0.2, 0) is 4.79 Å². The summed E-state index contributed by atoms with van der Waals surface area (Å²) in [6, 6.07) is 0. The van der Waals surface area contributed by atoms with Crippen LogP contribution < -0.4 is 0 Å². The Kier molecular flexibility index (Phi) is 7.15. The maximum Gasteiger partial charge on any atom is 0.164 e. The van der Waals surface area contributed by atoms with E-state index < -0.39 is 4.32 Å². The van der Waals surface area contributed by atoms with E-state index in [1.165, 1.54) is 44.9 Å². The van der Waals surface area contributed by atoms with Gasteiger partial charge in [0.05, 0.1) is 9.15 Å². The molecule has 0 N–H and O–H groups in total. The smallest absolute Gasteiger partial charge is 0.164 e. The standard InChI is InChI=1S/C27H43Br2ClO/c1-16(2)7-6-8-17(3)19-9-10-20-22-21(12-13-25(19,20)4)26(5)14-11-18(30)15-27(26,29)24(31)23(22)28/h16-23H,6-15H2,1-5H3/t17-,18+,19-,20+,21+,22+,23+,25-,26-,27+/m1/s1. The summed E-state index contributed by atoms with van der Waals surface area (Å²) in [7, 11) is 0. The van der Waals surface area contributed by atoms with E-state index in [1.54, 1.807) is 0 Å². The molecule has 0 heterocycles. The number of carbonyl (C=O) groups is 1. The van der Waals surface area contributed by atoms with Crippen LogP contribution in [-0.4, -0.2) is 20.3 Å². The van der Waals surface area contributed by atoms with Crippen LogP contribution in [0.3, 0.4) is 0 Å². The van der Waals surface area contributed by atoms with Crippen LogP contribution >= 0.6 is 43.5 Å². The van der Waals surface area contributed by atoms with Gasteiger partial charge >= 0.3 is 0 Å². The van der Waals surface area contributed by atoms with Gasteiger partial charge < -0.3 is 0 Å². The maximum absolute atomic E-state index is 13.8. The number of hydrogen-bond donors (Lipinski definition) is 0. The fraction of sp³-hybridized carbons (Fsp3) is 0.963. The zero-order chi connectivity index (χ0) is 22.8. The van der Waals surface area contributed by atoms with E-state index in [0.29, 0.717) is 29.0 Å². The highest BCUT2D eigenvalue weighted by molar-refractivity contribution is 9.11. The molecule has 4 heteroatoms. The van der Waals surface area contributed by atoms with Crippen LogP contribution in [0.2, 0.25) is 0 Å². The fourth-order valence-electron chi connectivity index (χ4n) is 8.92. The van der Waals surface area contributed by atoms with Gasteiger partial charge in [-0.15, -0.1) is 11.6 Å². The molecule has 31 heavy (non-hydrogen) atoms. The molecule has 1 nitrogen and oxygen atoms in total. The van der Waals surface area contributed by atoms with Gasteiger partial charge in [0.2, 0.25) is 0 Å². The summed E-state index contributed by atoms with van der Waals surface area (Å²) in [6.45, 7) is 12.2. The van der Waals surface area contributed by atoms with E-state index in [0.717, 1.165) is 37.0 Å². The topological polar surface area (TPSA) is 17.1 Å². The predicted octanol–water partition coefficient (Wildman–Crippen LogP) is 8.79. The molecule has 4 fully saturated rings. The molecule has 4 saturated carbocycles. The van der Waals surface area contributed by atoms with Gasteiger partial charge in [-0.2, -0.15) is 0 Å². The molecule has 10 atom stereocenters. The maximum atomic E-state index is 13.8. The zero-order valence-corrected chi connectivity index (χ0v) is 24.2. The van der Waals surface area contributed by atoms with Crippen molar-refractivity contribution in [2.45, 2.75) is 113 Å². The Morgan fingerprint density at radius 1 is 1.03 bits per heavy atom. The SMILES string of the molecule is CC(C)CCC[C@@H](C)[C@H]1CC[C@H]2[C@@H]3[C@H](Br)C(=O)[C@@]4(Br)C[C@@H](Cl)CC[C@]4(C)[C@H]3CC[C@]12C. The fourth-order valence-corrected chi connectivity index (χ4v) is 12.0. The van der Waals surface area contributed by atoms with Crippen LogP contribution in [0.4, 0.5) is 0 Å². The quantitative estimate of drug-likeness (QED) is 0.298. The molecule has 4 rings (SSSR count). The highest BCUT2D eigenvalue weighted by Gasteiger charge is 2.69. The van der Waals surface area contributed by atoms with E-state index in [1.807, 2.05) is 0 Å². The molecule has 4 aliphatic rings. The van der Waals surface area contributed by atoms with Crippen LogP contribution in [0.1, 0.15) is 98.8 Å². The Morgan fingerprint density at radius 3 is 2.42 bits per heavy atom. The minimum atomic E-state index is -0.449. The number of fused-ring (bicyclic) bond motifs is 5. The third kappa shape index (κ3) is 3.85. The number of Topliss-reactive ketones (excluding diaryl/α,β-unsaturated/α-hetero) is 1. The second-order valence-electron chi connectivity index (χ2n) is 12.6. The second kappa shape index (κ2) is 8.85. The Bertz CT molecular complexity index is 697. The van der Waals surface area contributed by atoms with E-state index in [-0.39, 0.29) is 15.6 Å². The van der Waals surface area contributed by atoms with Crippen LogP contribution in [0.25, 0.3) is 0 Å². The summed E-state index contributed by atoms with van der Waals surface area (Å²) in [6.07, 6.45) is 12.3.